The first kappa shape index (κ1) is 23.7. The number of pyridine rings is 1. The highest BCUT2D eigenvalue weighted by molar-refractivity contribution is 7.87. The first-order chi connectivity index (χ1) is 15.7. The molecule has 0 saturated carbocycles. The van der Waals surface area contributed by atoms with Crippen molar-refractivity contribution in [2.45, 2.75) is 32.6 Å². The number of amides is 1. The molecule has 1 fully saturated rings. The molecule has 1 aliphatic heterocycles. The summed E-state index contributed by atoms with van der Waals surface area (Å²) >= 11 is 6.12. The van der Waals surface area contributed by atoms with E-state index >= 15 is 0 Å². The van der Waals surface area contributed by atoms with Crippen LogP contribution in [0, 0.1) is 0 Å². The lowest BCUT2D eigenvalue weighted by atomic mass is 10.1. The van der Waals surface area contributed by atoms with E-state index in [-0.39, 0.29) is 11.2 Å². The normalized spacial score (nSPS) is 15.9. The van der Waals surface area contributed by atoms with Gasteiger partial charge in [-0.15, -0.1) is 0 Å². The molecule has 0 radical (unpaired) electrons. The summed E-state index contributed by atoms with van der Waals surface area (Å²) in [6.07, 6.45) is 2.02. The van der Waals surface area contributed by atoms with Crippen molar-refractivity contribution in [3.05, 3.63) is 53.3 Å². The van der Waals surface area contributed by atoms with Crippen LogP contribution in [0.2, 0.25) is 5.02 Å². The number of anilines is 1. The summed E-state index contributed by atoms with van der Waals surface area (Å²) in [5, 5.41) is 0.708. The summed E-state index contributed by atoms with van der Waals surface area (Å²) in [5.41, 5.74) is 4.68. The van der Waals surface area contributed by atoms with E-state index in [9.17, 15) is 9.00 Å². The van der Waals surface area contributed by atoms with Crippen LogP contribution in [0.4, 0.5) is 5.69 Å². The standard InChI is InChI=1S/C24H30ClN5O2S/c1-17(2)33(32)27(4)21-9-10-23-26-24(19-5-7-20(25)8-6-19)22(30(23)15-21)16-28-11-13-29(14-12-28)18(3)31/h5-10,15,17H,11-14,16H2,1-4H3. The third kappa shape index (κ3) is 5.08. The highest BCUT2D eigenvalue weighted by atomic mass is 35.5. The van der Waals surface area contributed by atoms with Crippen LogP contribution in [0.3, 0.4) is 0 Å². The van der Waals surface area contributed by atoms with Crippen molar-refractivity contribution < 1.29 is 9.00 Å². The molecule has 7 nitrogen and oxygen atoms in total. The van der Waals surface area contributed by atoms with Crippen LogP contribution in [0.1, 0.15) is 26.5 Å². The van der Waals surface area contributed by atoms with Crippen molar-refractivity contribution in [1.82, 2.24) is 19.2 Å². The number of carbonyl (C=O) groups is 1. The lowest BCUT2D eigenvalue weighted by molar-refractivity contribution is -0.130. The Bertz CT molecular complexity index is 1170. The zero-order valence-corrected chi connectivity index (χ0v) is 21.1. The molecular weight excluding hydrogens is 458 g/mol. The van der Waals surface area contributed by atoms with E-state index in [1.54, 1.807) is 6.92 Å². The Morgan fingerprint density at radius 2 is 1.79 bits per heavy atom. The van der Waals surface area contributed by atoms with E-state index in [2.05, 4.69) is 9.30 Å². The lowest BCUT2D eigenvalue weighted by Crippen LogP contribution is -2.47. The Morgan fingerprint density at radius 3 is 2.39 bits per heavy atom. The predicted molar refractivity (Wildman–Crippen MR) is 135 cm³/mol. The number of halogens is 1. The monoisotopic (exact) mass is 487 g/mol. The summed E-state index contributed by atoms with van der Waals surface area (Å²) in [6.45, 7) is 9.30. The lowest BCUT2D eigenvalue weighted by Gasteiger charge is -2.34. The van der Waals surface area contributed by atoms with Crippen molar-refractivity contribution in [2.24, 2.45) is 0 Å². The number of nitrogens with zero attached hydrogens (tertiary/aromatic N) is 5. The van der Waals surface area contributed by atoms with Crippen molar-refractivity contribution in [1.29, 1.82) is 0 Å². The Kier molecular flexibility index (Phi) is 7.07. The molecule has 9 heteroatoms. The molecule has 1 atom stereocenters. The Morgan fingerprint density at radius 1 is 1.12 bits per heavy atom. The Balaban J connectivity index is 1.74. The molecule has 1 unspecified atom stereocenters. The van der Waals surface area contributed by atoms with Gasteiger partial charge in [-0.25, -0.2) is 9.19 Å². The molecule has 1 aromatic carbocycles. The van der Waals surface area contributed by atoms with Crippen LogP contribution in [-0.2, 0) is 22.3 Å². The van der Waals surface area contributed by atoms with E-state index in [1.807, 2.05) is 72.7 Å². The first-order valence-corrected chi connectivity index (χ1v) is 12.7. The zero-order chi connectivity index (χ0) is 23.7. The second kappa shape index (κ2) is 9.83. The maximum absolute atomic E-state index is 12.7. The van der Waals surface area contributed by atoms with Crippen molar-refractivity contribution in [2.75, 3.05) is 37.5 Å². The summed E-state index contributed by atoms with van der Waals surface area (Å²) in [6, 6.07) is 11.7. The van der Waals surface area contributed by atoms with Gasteiger partial charge in [0.15, 0.2) is 0 Å². The van der Waals surface area contributed by atoms with Gasteiger partial charge in [0, 0.05) is 68.7 Å². The minimum Gasteiger partial charge on any atom is -0.340 e. The number of hydrogen-bond acceptors (Lipinski definition) is 4. The van der Waals surface area contributed by atoms with Gasteiger partial charge in [0.1, 0.15) is 16.6 Å². The van der Waals surface area contributed by atoms with E-state index < -0.39 is 11.0 Å². The van der Waals surface area contributed by atoms with Gasteiger partial charge < -0.3 is 4.90 Å². The summed E-state index contributed by atoms with van der Waals surface area (Å²) < 4.78 is 16.6. The van der Waals surface area contributed by atoms with Gasteiger partial charge >= 0.3 is 0 Å². The molecule has 3 heterocycles. The maximum Gasteiger partial charge on any atom is 0.219 e. The number of carbonyl (C=O) groups excluding carboxylic acids is 1. The molecule has 0 N–H and O–H groups in total. The molecule has 0 spiro atoms. The zero-order valence-electron chi connectivity index (χ0n) is 19.5. The molecule has 1 aliphatic rings. The predicted octanol–water partition coefficient (Wildman–Crippen LogP) is 3.83. The van der Waals surface area contributed by atoms with Crippen molar-refractivity contribution >= 4 is 39.8 Å². The number of fused-ring (bicyclic) bond motifs is 1. The minimum absolute atomic E-state index is 0.0233. The fourth-order valence-electron chi connectivity index (χ4n) is 4.11. The Hall–Kier alpha value is -2.42. The second-order valence-electron chi connectivity index (χ2n) is 8.63. The highest BCUT2D eigenvalue weighted by Gasteiger charge is 2.23. The summed E-state index contributed by atoms with van der Waals surface area (Å²) in [7, 11) is 0.730. The van der Waals surface area contributed by atoms with Gasteiger partial charge in [0.25, 0.3) is 0 Å². The van der Waals surface area contributed by atoms with Crippen LogP contribution in [-0.4, -0.2) is 67.8 Å². The third-order valence-electron chi connectivity index (χ3n) is 6.05. The first-order valence-electron chi connectivity index (χ1n) is 11.1. The highest BCUT2D eigenvalue weighted by Crippen LogP contribution is 2.29. The molecule has 1 amide bonds. The number of piperazine rings is 1. The average Bonchev–Trinajstić information content (AvgIpc) is 3.16. The fourth-order valence-corrected chi connectivity index (χ4v) is 5.19. The molecule has 1 saturated heterocycles. The van der Waals surface area contributed by atoms with Crippen molar-refractivity contribution in [3.63, 3.8) is 0 Å². The van der Waals surface area contributed by atoms with Gasteiger partial charge in [0.2, 0.25) is 5.91 Å². The topological polar surface area (TPSA) is 61.2 Å². The number of imidazole rings is 1. The molecule has 176 valence electrons. The fraction of sp³-hybridized carbons (Fsp3) is 0.417. The molecular formula is C24H30ClN5O2S. The molecule has 2 aromatic heterocycles. The molecule has 0 aliphatic carbocycles. The van der Waals surface area contributed by atoms with E-state index in [0.717, 1.165) is 54.5 Å². The Labute approximate surface area is 202 Å². The smallest absolute Gasteiger partial charge is 0.219 e. The molecule has 3 aromatic rings. The SMILES string of the molecule is CC(=O)N1CCN(Cc2c(-c3ccc(Cl)cc3)nc3ccc(N(C)S(=O)C(C)C)cn23)CC1. The number of benzene rings is 1. The van der Waals surface area contributed by atoms with Crippen molar-refractivity contribution in [3.8, 4) is 11.3 Å². The average molecular weight is 488 g/mol. The van der Waals surface area contributed by atoms with Crippen LogP contribution >= 0.6 is 11.6 Å². The van der Waals surface area contributed by atoms with E-state index in [0.29, 0.717) is 11.6 Å². The van der Waals surface area contributed by atoms with Gasteiger partial charge in [-0.05, 0) is 38.1 Å². The summed E-state index contributed by atoms with van der Waals surface area (Å²) in [5.74, 6) is 0.122. The van der Waals surface area contributed by atoms with Crippen LogP contribution in [0.5, 0.6) is 0 Å². The number of rotatable bonds is 6. The van der Waals surface area contributed by atoms with Gasteiger partial charge in [-0.1, -0.05) is 23.7 Å². The third-order valence-corrected chi connectivity index (χ3v) is 7.86. The molecule has 33 heavy (non-hydrogen) atoms. The minimum atomic E-state index is -1.13. The second-order valence-corrected chi connectivity index (χ2v) is 11.1. The summed E-state index contributed by atoms with van der Waals surface area (Å²) in [4.78, 5) is 20.9. The van der Waals surface area contributed by atoms with Gasteiger partial charge in [-0.3, -0.25) is 18.4 Å². The van der Waals surface area contributed by atoms with E-state index in [1.165, 1.54) is 0 Å². The van der Waals surface area contributed by atoms with E-state index in [4.69, 9.17) is 16.6 Å². The van der Waals surface area contributed by atoms with Gasteiger partial charge in [0.05, 0.1) is 17.1 Å². The number of hydrogen-bond donors (Lipinski definition) is 0. The van der Waals surface area contributed by atoms with Crippen LogP contribution in [0.25, 0.3) is 16.9 Å². The van der Waals surface area contributed by atoms with Crippen LogP contribution < -0.4 is 4.31 Å². The van der Waals surface area contributed by atoms with Gasteiger partial charge in [-0.2, -0.15) is 0 Å². The maximum atomic E-state index is 12.7. The van der Waals surface area contributed by atoms with Crippen LogP contribution in [0.15, 0.2) is 42.6 Å². The molecule has 4 rings (SSSR count). The largest absolute Gasteiger partial charge is 0.340 e. The number of aromatic nitrogens is 2. The quantitative estimate of drug-likeness (QED) is 0.530. The molecule has 0 bridgehead atoms.